The van der Waals surface area contributed by atoms with Gasteiger partial charge in [0.25, 0.3) is 0 Å². The molecule has 0 amide bonds. The van der Waals surface area contributed by atoms with Crippen molar-refractivity contribution >= 4 is 11.8 Å². The third-order valence-electron chi connectivity index (χ3n) is 3.15. The fourth-order valence-corrected chi connectivity index (χ4v) is 2.16. The fraction of sp³-hybridized carbons (Fsp3) is 0.0667. The first-order chi connectivity index (χ1) is 9.29. The van der Waals surface area contributed by atoms with Crippen LogP contribution in [0.2, 0.25) is 0 Å². The van der Waals surface area contributed by atoms with Gasteiger partial charge in [0, 0.05) is 23.7 Å². The van der Waals surface area contributed by atoms with E-state index in [0.717, 1.165) is 23.2 Å². The molecule has 0 spiro atoms. The van der Waals surface area contributed by atoms with E-state index in [4.69, 9.17) is 0 Å². The number of imidazole rings is 1. The SMILES string of the molecule is O=Cc1cccn2c(Cc3ccccc3O)ncc12. The fourth-order valence-electron chi connectivity index (χ4n) is 2.16. The van der Waals surface area contributed by atoms with Gasteiger partial charge in [-0.2, -0.15) is 0 Å². The zero-order chi connectivity index (χ0) is 13.2. The van der Waals surface area contributed by atoms with Crippen LogP contribution in [0.1, 0.15) is 21.7 Å². The smallest absolute Gasteiger partial charge is 0.152 e. The summed E-state index contributed by atoms with van der Waals surface area (Å²) >= 11 is 0. The van der Waals surface area contributed by atoms with Crippen LogP contribution in [0.5, 0.6) is 5.75 Å². The lowest BCUT2D eigenvalue weighted by Crippen LogP contribution is -1.97. The van der Waals surface area contributed by atoms with Gasteiger partial charge in [0.2, 0.25) is 0 Å². The van der Waals surface area contributed by atoms with Gasteiger partial charge in [0.15, 0.2) is 6.29 Å². The molecule has 4 nitrogen and oxygen atoms in total. The van der Waals surface area contributed by atoms with E-state index in [1.54, 1.807) is 24.4 Å². The van der Waals surface area contributed by atoms with Crippen LogP contribution in [0, 0.1) is 0 Å². The van der Waals surface area contributed by atoms with E-state index in [1.165, 1.54) is 0 Å². The van der Waals surface area contributed by atoms with Gasteiger partial charge in [-0.05, 0) is 18.2 Å². The molecule has 3 aromatic rings. The number of hydrogen-bond donors (Lipinski definition) is 1. The lowest BCUT2D eigenvalue weighted by Gasteiger charge is -2.04. The summed E-state index contributed by atoms with van der Waals surface area (Å²) in [6.45, 7) is 0. The molecule has 0 bridgehead atoms. The lowest BCUT2D eigenvalue weighted by atomic mass is 10.1. The van der Waals surface area contributed by atoms with E-state index < -0.39 is 0 Å². The van der Waals surface area contributed by atoms with Crippen LogP contribution in [-0.4, -0.2) is 20.8 Å². The molecule has 0 radical (unpaired) electrons. The average Bonchev–Trinajstić information content (AvgIpc) is 2.84. The Bertz CT molecular complexity index is 747. The number of phenolic OH excluding ortho intramolecular Hbond substituents is 1. The molecule has 0 aliphatic carbocycles. The standard InChI is InChI=1S/C15H12N2O2/c18-10-12-5-3-7-17-13(12)9-16-15(17)8-11-4-1-2-6-14(11)19/h1-7,9-10,19H,8H2. The van der Waals surface area contributed by atoms with Gasteiger partial charge < -0.3 is 9.51 Å². The molecule has 2 aromatic heterocycles. The Morgan fingerprint density at radius 2 is 2.05 bits per heavy atom. The Hall–Kier alpha value is -2.62. The number of aromatic hydroxyl groups is 1. The molecule has 0 unspecified atom stereocenters. The first-order valence-corrected chi connectivity index (χ1v) is 5.96. The highest BCUT2D eigenvalue weighted by atomic mass is 16.3. The molecule has 0 saturated carbocycles. The molecule has 3 rings (SSSR count). The Labute approximate surface area is 110 Å². The number of benzene rings is 1. The summed E-state index contributed by atoms with van der Waals surface area (Å²) in [6, 6.07) is 10.7. The highest BCUT2D eigenvalue weighted by Crippen LogP contribution is 2.20. The molecule has 4 heteroatoms. The van der Waals surface area contributed by atoms with E-state index in [-0.39, 0.29) is 5.75 Å². The number of carbonyl (C=O) groups excluding carboxylic acids is 1. The summed E-state index contributed by atoms with van der Waals surface area (Å²) in [7, 11) is 0. The highest BCUT2D eigenvalue weighted by molar-refractivity contribution is 5.85. The van der Waals surface area contributed by atoms with E-state index >= 15 is 0 Å². The first-order valence-electron chi connectivity index (χ1n) is 5.96. The number of carbonyl (C=O) groups is 1. The highest BCUT2D eigenvalue weighted by Gasteiger charge is 2.09. The minimum absolute atomic E-state index is 0.255. The van der Waals surface area contributed by atoms with Crippen molar-refractivity contribution < 1.29 is 9.90 Å². The predicted octanol–water partition coefficient (Wildman–Crippen LogP) is 2.44. The summed E-state index contributed by atoms with van der Waals surface area (Å²) in [5, 5.41) is 9.79. The molecule has 0 aliphatic heterocycles. The van der Waals surface area contributed by atoms with Crippen molar-refractivity contribution in [2.75, 3.05) is 0 Å². The maximum atomic E-state index is 11.0. The van der Waals surface area contributed by atoms with Crippen molar-refractivity contribution in [1.82, 2.24) is 9.38 Å². The van der Waals surface area contributed by atoms with Crippen LogP contribution in [0.3, 0.4) is 0 Å². The van der Waals surface area contributed by atoms with E-state index in [9.17, 15) is 9.90 Å². The van der Waals surface area contributed by atoms with Crippen molar-refractivity contribution in [3.05, 3.63) is 65.7 Å². The molecule has 94 valence electrons. The van der Waals surface area contributed by atoms with Crippen molar-refractivity contribution in [3.8, 4) is 5.75 Å². The number of hydrogen-bond acceptors (Lipinski definition) is 3. The third-order valence-corrected chi connectivity index (χ3v) is 3.15. The van der Waals surface area contributed by atoms with E-state index in [1.807, 2.05) is 28.8 Å². The number of aldehydes is 1. The summed E-state index contributed by atoms with van der Waals surface area (Å²) in [5.74, 6) is 1.05. The minimum Gasteiger partial charge on any atom is -0.508 e. The maximum absolute atomic E-state index is 11.0. The van der Waals surface area contributed by atoms with Gasteiger partial charge in [0.1, 0.15) is 11.6 Å². The van der Waals surface area contributed by atoms with Crippen molar-refractivity contribution in [1.29, 1.82) is 0 Å². The molecule has 1 N–H and O–H groups in total. The van der Waals surface area contributed by atoms with Gasteiger partial charge in [0.05, 0.1) is 11.7 Å². The monoisotopic (exact) mass is 252 g/mol. The van der Waals surface area contributed by atoms with Gasteiger partial charge in [-0.1, -0.05) is 18.2 Å². The quantitative estimate of drug-likeness (QED) is 0.728. The Balaban J connectivity index is 2.07. The van der Waals surface area contributed by atoms with Gasteiger partial charge >= 0.3 is 0 Å². The van der Waals surface area contributed by atoms with Crippen molar-refractivity contribution in [2.45, 2.75) is 6.42 Å². The van der Waals surface area contributed by atoms with Crippen LogP contribution >= 0.6 is 0 Å². The number of phenols is 1. The van der Waals surface area contributed by atoms with Gasteiger partial charge in [-0.25, -0.2) is 4.98 Å². The Kier molecular flexibility index (Phi) is 2.76. The Morgan fingerprint density at radius 1 is 1.21 bits per heavy atom. The zero-order valence-electron chi connectivity index (χ0n) is 10.2. The molecule has 2 heterocycles. The summed E-state index contributed by atoms with van der Waals surface area (Å²) in [4.78, 5) is 15.3. The summed E-state index contributed by atoms with van der Waals surface area (Å²) in [5.41, 5.74) is 2.20. The molecular formula is C15H12N2O2. The van der Waals surface area contributed by atoms with Crippen molar-refractivity contribution in [3.63, 3.8) is 0 Å². The topological polar surface area (TPSA) is 54.6 Å². The largest absolute Gasteiger partial charge is 0.508 e. The number of fused-ring (bicyclic) bond motifs is 1. The molecule has 0 atom stereocenters. The number of nitrogens with zero attached hydrogens (tertiary/aromatic N) is 2. The number of rotatable bonds is 3. The Morgan fingerprint density at radius 3 is 2.84 bits per heavy atom. The van der Waals surface area contributed by atoms with Crippen LogP contribution in [0.15, 0.2) is 48.8 Å². The van der Waals surface area contributed by atoms with Crippen molar-refractivity contribution in [2.24, 2.45) is 0 Å². The van der Waals surface area contributed by atoms with E-state index in [2.05, 4.69) is 4.98 Å². The normalized spacial score (nSPS) is 10.7. The molecule has 0 saturated heterocycles. The second-order valence-corrected chi connectivity index (χ2v) is 4.32. The van der Waals surface area contributed by atoms with Gasteiger partial charge in [-0.15, -0.1) is 0 Å². The molecule has 19 heavy (non-hydrogen) atoms. The minimum atomic E-state index is 0.255. The lowest BCUT2D eigenvalue weighted by molar-refractivity contribution is 0.112. The van der Waals surface area contributed by atoms with Gasteiger partial charge in [-0.3, -0.25) is 4.79 Å². The van der Waals surface area contributed by atoms with Crippen LogP contribution in [0.25, 0.3) is 5.52 Å². The maximum Gasteiger partial charge on any atom is 0.152 e. The zero-order valence-corrected chi connectivity index (χ0v) is 10.2. The predicted molar refractivity (Wildman–Crippen MR) is 71.5 cm³/mol. The second-order valence-electron chi connectivity index (χ2n) is 4.32. The summed E-state index contributed by atoms with van der Waals surface area (Å²) < 4.78 is 1.87. The molecular weight excluding hydrogens is 240 g/mol. The number of para-hydroxylation sites is 1. The van der Waals surface area contributed by atoms with E-state index in [0.29, 0.717) is 12.0 Å². The summed E-state index contributed by atoms with van der Waals surface area (Å²) in [6.07, 6.45) is 4.88. The second kappa shape index (κ2) is 4.57. The molecule has 0 fully saturated rings. The molecule has 1 aromatic carbocycles. The van der Waals surface area contributed by atoms with Crippen LogP contribution in [-0.2, 0) is 6.42 Å². The number of pyridine rings is 1. The number of aromatic nitrogens is 2. The third kappa shape index (κ3) is 1.97. The first kappa shape index (κ1) is 11.5. The average molecular weight is 252 g/mol. The van der Waals surface area contributed by atoms with Crippen LogP contribution in [0.4, 0.5) is 0 Å². The van der Waals surface area contributed by atoms with Crippen LogP contribution < -0.4 is 0 Å². The molecule has 0 aliphatic rings.